The summed E-state index contributed by atoms with van der Waals surface area (Å²) in [4.78, 5) is 14.6. The minimum Gasteiger partial charge on any atom is -0.466 e. The third-order valence-corrected chi connectivity index (χ3v) is 5.35. The van der Waals surface area contributed by atoms with Crippen molar-refractivity contribution in [3.05, 3.63) is 0 Å². The Hall–Kier alpha value is -0.570. The van der Waals surface area contributed by atoms with Crippen LogP contribution in [0.15, 0.2) is 0 Å². The van der Waals surface area contributed by atoms with Crippen LogP contribution in [-0.2, 0) is 9.53 Å². The van der Waals surface area contributed by atoms with E-state index in [0.29, 0.717) is 13.0 Å². The van der Waals surface area contributed by atoms with E-state index in [-0.39, 0.29) is 11.5 Å². The lowest BCUT2D eigenvalue weighted by Gasteiger charge is -2.42. The third kappa shape index (κ3) is 4.98. The van der Waals surface area contributed by atoms with Crippen molar-refractivity contribution in [2.75, 3.05) is 19.7 Å². The molecule has 3 heteroatoms. The van der Waals surface area contributed by atoms with Crippen molar-refractivity contribution < 1.29 is 9.53 Å². The van der Waals surface area contributed by atoms with Gasteiger partial charge in [-0.3, -0.25) is 9.69 Å². The standard InChI is InChI=1S/C18H35NO2/c1-6-19(7-2)18(14-17(20)21-8-3)12-9-10-16(11-13-18)15(4)5/h15-16H,6-14H2,1-5H3. The molecule has 1 saturated carbocycles. The van der Waals surface area contributed by atoms with Crippen LogP contribution in [0.1, 0.15) is 73.1 Å². The van der Waals surface area contributed by atoms with E-state index in [1.54, 1.807) is 0 Å². The van der Waals surface area contributed by atoms with E-state index >= 15 is 0 Å². The molecule has 2 atom stereocenters. The molecule has 0 amide bonds. The molecular weight excluding hydrogens is 262 g/mol. The lowest BCUT2D eigenvalue weighted by atomic mass is 9.83. The fourth-order valence-electron chi connectivity index (χ4n) is 4.06. The van der Waals surface area contributed by atoms with Crippen LogP contribution in [0.3, 0.4) is 0 Å². The van der Waals surface area contributed by atoms with Gasteiger partial charge < -0.3 is 4.74 Å². The molecule has 0 radical (unpaired) electrons. The SMILES string of the molecule is CCOC(=O)CC1(N(CC)CC)CCCC(C(C)C)CC1. The first kappa shape index (κ1) is 18.5. The van der Waals surface area contributed by atoms with Crippen molar-refractivity contribution in [1.29, 1.82) is 0 Å². The molecule has 1 fully saturated rings. The Labute approximate surface area is 131 Å². The predicted octanol–water partition coefficient (Wildman–Crippen LogP) is 4.26. The minimum atomic E-state index is -0.0209. The maximum absolute atomic E-state index is 12.1. The summed E-state index contributed by atoms with van der Waals surface area (Å²) in [6.07, 6.45) is 6.62. The highest BCUT2D eigenvalue weighted by Gasteiger charge is 2.39. The lowest BCUT2D eigenvalue weighted by molar-refractivity contribution is -0.147. The fourth-order valence-corrected chi connectivity index (χ4v) is 4.06. The topological polar surface area (TPSA) is 29.5 Å². The highest BCUT2D eigenvalue weighted by molar-refractivity contribution is 5.71. The van der Waals surface area contributed by atoms with Gasteiger partial charge in [0.25, 0.3) is 0 Å². The molecule has 3 nitrogen and oxygen atoms in total. The van der Waals surface area contributed by atoms with Crippen LogP contribution in [0.25, 0.3) is 0 Å². The van der Waals surface area contributed by atoms with E-state index in [2.05, 4.69) is 32.6 Å². The van der Waals surface area contributed by atoms with Crippen molar-refractivity contribution in [1.82, 2.24) is 4.90 Å². The molecule has 0 aromatic carbocycles. The summed E-state index contributed by atoms with van der Waals surface area (Å²) in [6.45, 7) is 13.5. The van der Waals surface area contributed by atoms with E-state index in [1.807, 2.05) is 6.92 Å². The molecule has 1 aliphatic carbocycles. The van der Waals surface area contributed by atoms with Crippen molar-refractivity contribution in [2.24, 2.45) is 11.8 Å². The Morgan fingerprint density at radius 3 is 2.38 bits per heavy atom. The normalized spacial score (nSPS) is 26.9. The molecule has 2 unspecified atom stereocenters. The molecule has 0 heterocycles. The molecule has 0 saturated heterocycles. The zero-order valence-electron chi connectivity index (χ0n) is 14.8. The number of hydrogen-bond donors (Lipinski definition) is 0. The zero-order valence-corrected chi connectivity index (χ0v) is 14.8. The Morgan fingerprint density at radius 2 is 1.86 bits per heavy atom. The first-order valence-electron chi connectivity index (χ1n) is 8.89. The summed E-state index contributed by atoms with van der Waals surface area (Å²) >= 11 is 0. The first-order valence-corrected chi connectivity index (χ1v) is 8.89. The predicted molar refractivity (Wildman–Crippen MR) is 88.3 cm³/mol. The maximum Gasteiger partial charge on any atom is 0.307 e. The monoisotopic (exact) mass is 297 g/mol. The molecule has 0 aromatic heterocycles. The van der Waals surface area contributed by atoms with Crippen LogP contribution < -0.4 is 0 Å². The van der Waals surface area contributed by atoms with Gasteiger partial charge >= 0.3 is 5.97 Å². The fraction of sp³-hybridized carbons (Fsp3) is 0.944. The molecule has 0 aromatic rings. The second-order valence-corrected chi connectivity index (χ2v) is 6.81. The van der Waals surface area contributed by atoms with E-state index in [1.165, 1.54) is 19.3 Å². The second-order valence-electron chi connectivity index (χ2n) is 6.81. The summed E-state index contributed by atoms with van der Waals surface area (Å²) in [5.41, 5.74) is 0.0272. The van der Waals surface area contributed by atoms with Crippen LogP contribution in [0.5, 0.6) is 0 Å². The van der Waals surface area contributed by atoms with Crippen LogP contribution >= 0.6 is 0 Å². The average molecular weight is 297 g/mol. The minimum absolute atomic E-state index is 0.0209. The van der Waals surface area contributed by atoms with Gasteiger partial charge in [0.2, 0.25) is 0 Å². The molecule has 1 aliphatic rings. The van der Waals surface area contributed by atoms with Gasteiger partial charge in [-0.25, -0.2) is 0 Å². The van der Waals surface area contributed by atoms with Gasteiger partial charge in [0.1, 0.15) is 0 Å². The van der Waals surface area contributed by atoms with Gasteiger partial charge in [-0.15, -0.1) is 0 Å². The summed E-state index contributed by atoms with van der Waals surface area (Å²) in [6, 6.07) is 0. The van der Waals surface area contributed by atoms with E-state index in [0.717, 1.165) is 37.8 Å². The summed E-state index contributed by atoms with van der Waals surface area (Å²) < 4.78 is 5.26. The lowest BCUT2D eigenvalue weighted by Crippen LogP contribution is -2.50. The molecule has 21 heavy (non-hydrogen) atoms. The van der Waals surface area contributed by atoms with Crippen molar-refractivity contribution >= 4 is 5.97 Å². The van der Waals surface area contributed by atoms with Gasteiger partial charge in [0.15, 0.2) is 0 Å². The number of esters is 1. The van der Waals surface area contributed by atoms with Gasteiger partial charge in [0.05, 0.1) is 13.0 Å². The van der Waals surface area contributed by atoms with Crippen molar-refractivity contribution in [3.63, 3.8) is 0 Å². The van der Waals surface area contributed by atoms with Crippen LogP contribution in [-0.4, -0.2) is 36.1 Å². The van der Waals surface area contributed by atoms with E-state index in [9.17, 15) is 4.79 Å². The molecular formula is C18H35NO2. The average Bonchev–Trinajstić information content (AvgIpc) is 2.64. The first-order chi connectivity index (χ1) is 9.99. The smallest absolute Gasteiger partial charge is 0.307 e. The van der Waals surface area contributed by atoms with E-state index < -0.39 is 0 Å². The largest absolute Gasteiger partial charge is 0.466 e. The highest BCUT2D eigenvalue weighted by Crippen LogP contribution is 2.39. The van der Waals surface area contributed by atoms with Crippen LogP contribution in [0, 0.1) is 11.8 Å². The molecule has 1 rings (SSSR count). The van der Waals surface area contributed by atoms with Crippen LogP contribution in [0.2, 0.25) is 0 Å². The molecule has 0 N–H and O–H groups in total. The molecule has 124 valence electrons. The van der Waals surface area contributed by atoms with E-state index in [4.69, 9.17) is 4.74 Å². The molecule has 0 aliphatic heterocycles. The van der Waals surface area contributed by atoms with Gasteiger partial charge in [0, 0.05) is 5.54 Å². The zero-order chi connectivity index (χ0) is 15.9. The number of ether oxygens (including phenoxy) is 1. The Balaban J connectivity index is 2.88. The Bertz CT molecular complexity index is 312. The number of carbonyl (C=O) groups excluding carboxylic acids is 1. The van der Waals surface area contributed by atoms with Gasteiger partial charge in [-0.1, -0.05) is 40.5 Å². The summed E-state index contributed by atoms with van der Waals surface area (Å²) in [5, 5.41) is 0. The summed E-state index contributed by atoms with van der Waals surface area (Å²) in [7, 11) is 0. The number of rotatable bonds is 7. The maximum atomic E-state index is 12.1. The highest BCUT2D eigenvalue weighted by atomic mass is 16.5. The van der Waals surface area contributed by atoms with Gasteiger partial charge in [-0.2, -0.15) is 0 Å². The second kappa shape index (κ2) is 8.77. The van der Waals surface area contributed by atoms with Crippen LogP contribution in [0.4, 0.5) is 0 Å². The Morgan fingerprint density at radius 1 is 1.19 bits per heavy atom. The quantitative estimate of drug-likeness (QED) is 0.519. The number of hydrogen-bond acceptors (Lipinski definition) is 3. The van der Waals surface area contributed by atoms with Gasteiger partial charge in [-0.05, 0) is 51.1 Å². The number of carbonyl (C=O) groups is 1. The van der Waals surface area contributed by atoms with Crippen molar-refractivity contribution in [3.8, 4) is 0 Å². The van der Waals surface area contributed by atoms with Crippen molar-refractivity contribution in [2.45, 2.75) is 78.7 Å². The summed E-state index contributed by atoms with van der Waals surface area (Å²) in [5.74, 6) is 1.54. The third-order valence-electron chi connectivity index (χ3n) is 5.35. The molecule has 0 bridgehead atoms. The number of nitrogens with zero attached hydrogens (tertiary/aromatic N) is 1. The Kier molecular flexibility index (Phi) is 7.72. The molecule has 0 spiro atoms.